The van der Waals surface area contributed by atoms with E-state index in [2.05, 4.69) is 20.0 Å². The Kier molecular flexibility index (Phi) is 7.47. The fraction of sp³-hybridized carbons (Fsp3) is 0.150. The van der Waals surface area contributed by atoms with Gasteiger partial charge in [0.1, 0.15) is 5.82 Å². The normalized spacial score (nSPS) is 11.2. The molecule has 1 heterocycles. The third-order valence-corrected chi connectivity index (χ3v) is 6.67. The molecule has 0 aliphatic heterocycles. The fourth-order valence-corrected chi connectivity index (χ4v) is 4.62. The summed E-state index contributed by atoms with van der Waals surface area (Å²) in [6, 6.07) is 11.8. The van der Waals surface area contributed by atoms with Crippen LogP contribution in [0.4, 0.5) is 16.0 Å². The largest absolute Gasteiger partial charge is 0.325 e. The number of aromatic nitrogens is 2. The van der Waals surface area contributed by atoms with E-state index in [9.17, 15) is 17.6 Å². The Morgan fingerprint density at radius 3 is 2.58 bits per heavy atom. The molecule has 0 aliphatic rings. The molecule has 0 atom stereocenters. The van der Waals surface area contributed by atoms with E-state index >= 15 is 0 Å². The van der Waals surface area contributed by atoms with Crippen LogP contribution in [0.15, 0.2) is 59.6 Å². The number of halogens is 2. The zero-order valence-corrected chi connectivity index (χ0v) is 18.7. The summed E-state index contributed by atoms with van der Waals surface area (Å²) in [6.07, 6.45) is 1.46. The molecule has 1 aromatic heterocycles. The zero-order valence-electron chi connectivity index (χ0n) is 16.3. The van der Waals surface area contributed by atoms with Crippen LogP contribution >= 0.6 is 23.4 Å². The second kappa shape index (κ2) is 10.1. The topological polar surface area (TPSA) is 101 Å². The van der Waals surface area contributed by atoms with E-state index in [1.807, 2.05) is 0 Å². The highest BCUT2D eigenvalue weighted by Gasteiger charge is 2.16. The molecule has 31 heavy (non-hydrogen) atoms. The highest BCUT2D eigenvalue weighted by atomic mass is 35.5. The van der Waals surface area contributed by atoms with Crippen molar-refractivity contribution in [3.05, 3.63) is 76.8 Å². The molecular formula is C20H18ClFN4O3S2. The molecule has 11 heteroatoms. The van der Waals surface area contributed by atoms with Crippen molar-refractivity contribution < 1.29 is 17.6 Å². The quantitative estimate of drug-likeness (QED) is 0.500. The van der Waals surface area contributed by atoms with E-state index in [0.29, 0.717) is 22.0 Å². The highest BCUT2D eigenvalue weighted by Crippen LogP contribution is 2.24. The highest BCUT2D eigenvalue weighted by molar-refractivity contribution is 7.99. The molecule has 0 saturated carbocycles. The maximum absolute atomic E-state index is 13.8. The molecule has 0 bridgehead atoms. The van der Waals surface area contributed by atoms with Crippen molar-refractivity contribution >= 4 is 50.9 Å². The molecule has 1 amide bonds. The van der Waals surface area contributed by atoms with Crippen LogP contribution in [0.2, 0.25) is 5.02 Å². The Morgan fingerprint density at radius 1 is 1.16 bits per heavy atom. The van der Waals surface area contributed by atoms with Crippen LogP contribution in [0, 0.1) is 12.7 Å². The summed E-state index contributed by atoms with van der Waals surface area (Å²) < 4.78 is 41.0. The van der Waals surface area contributed by atoms with Gasteiger partial charge in [0.15, 0.2) is 0 Å². The number of nitrogens with zero attached hydrogens (tertiary/aromatic N) is 2. The molecule has 3 aromatic rings. The molecule has 3 rings (SSSR count). The average Bonchev–Trinajstić information content (AvgIpc) is 2.70. The van der Waals surface area contributed by atoms with Crippen LogP contribution in [-0.2, 0) is 20.6 Å². The molecule has 0 saturated heterocycles. The Bertz CT molecular complexity index is 1170. The standard InChI is InChI=1S/C20H18ClFN4O3S2/c1-13-9-10-23-20(24-13)26-31(28,29)15-7-5-14(6-8-15)25-19(27)12-30-11-16-17(21)3-2-4-18(16)22/h2-10H,11-12H2,1H3,(H,25,27)(H,23,24,26). The van der Waals surface area contributed by atoms with E-state index < -0.39 is 15.8 Å². The van der Waals surface area contributed by atoms with Gasteiger partial charge in [0.05, 0.1) is 10.6 Å². The van der Waals surface area contributed by atoms with Gasteiger partial charge in [-0.1, -0.05) is 17.7 Å². The Hall–Kier alpha value is -2.69. The number of carbonyl (C=O) groups is 1. The van der Waals surface area contributed by atoms with E-state index in [1.54, 1.807) is 19.1 Å². The van der Waals surface area contributed by atoms with Crippen LogP contribution in [0.3, 0.4) is 0 Å². The minimum absolute atomic E-state index is 0.000764. The van der Waals surface area contributed by atoms with Gasteiger partial charge in [0.2, 0.25) is 11.9 Å². The SMILES string of the molecule is Cc1ccnc(NS(=O)(=O)c2ccc(NC(=O)CSCc3c(F)cccc3Cl)cc2)n1. The van der Waals surface area contributed by atoms with Crippen molar-refractivity contribution in [3.8, 4) is 0 Å². The Balaban J connectivity index is 1.55. The minimum Gasteiger partial charge on any atom is -0.325 e. The van der Waals surface area contributed by atoms with Gasteiger partial charge in [-0.25, -0.2) is 27.5 Å². The summed E-state index contributed by atoms with van der Waals surface area (Å²) in [5, 5.41) is 2.98. The number of rotatable bonds is 8. The second-order valence-electron chi connectivity index (χ2n) is 6.39. The summed E-state index contributed by atoms with van der Waals surface area (Å²) in [5.74, 6) is -0.412. The lowest BCUT2D eigenvalue weighted by Gasteiger charge is -2.09. The smallest absolute Gasteiger partial charge is 0.264 e. The number of nitrogens with one attached hydrogen (secondary N) is 2. The monoisotopic (exact) mass is 480 g/mol. The van der Waals surface area contributed by atoms with Crippen molar-refractivity contribution in [1.82, 2.24) is 9.97 Å². The predicted molar refractivity (Wildman–Crippen MR) is 120 cm³/mol. The maximum atomic E-state index is 13.8. The molecule has 2 aromatic carbocycles. The van der Waals surface area contributed by atoms with Gasteiger partial charge in [-0.3, -0.25) is 4.79 Å². The predicted octanol–water partition coefficient (Wildman–Crippen LogP) is 4.25. The zero-order chi connectivity index (χ0) is 22.4. The van der Waals surface area contributed by atoms with Crippen molar-refractivity contribution in [2.45, 2.75) is 17.6 Å². The van der Waals surface area contributed by atoms with Gasteiger partial charge in [-0.15, -0.1) is 11.8 Å². The number of amides is 1. The molecule has 162 valence electrons. The van der Waals surface area contributed by atoms with E-state index in [0.717, 1.165) is 0 Å². The van der Waals surface area contributed by atoms with E-state index in [-0.39, 0.29) is 28.3 Å². The van der Waals surface area contributed by atoms with Gasteiger partial charge in [-0.05, 0) is 49.4 Å². The van der Waals surface area contributed by atoms with E-state index in [1.165, 1.54) is 54.4 Å². The first-order valence-electron chi connectivity index (χ1n) is 8.97. The molecule has 0 unspecified atom stereocenters. The lowest BCUT2D eigenvalue weighted by atomic mass is 10.2. The number of hydrogen-bond acceptors (Lipinski definition) is 6. The molecule has 0 aliphatic carbocycles. The molecule has 0 spiro atoms. The first-order chi connectivity index (χ1) is 14.7. The summed E-state index contributed by atoms with van der Waals surface area (Å²) >= 11 is 7.18. The van der Waals surface area contributed by atoms with Crippen LogP contribution in [-0.4, -0.2) is 30.0 Å². The minimum atomic E-state index is -3.87. The second-order valence-corrected chi connectivity index (χ2v) is 9.47. The Morgan fingerprint density at radius 2 is 1.90 bits per heavy atom. The third-order valence-electron chi connectivity index (χ3n) is 4.01. The van der Waals surface area contributed by atoms with Crippen LogP contribution in [0.25, 0.3) is 0 Å². The van der Waals surface area contributed by atoms with Gasteiger partial charge >= 0.3 is 0 Å². The number of thioether (sulfide) groups is 1. The molecule has 2 N–H and O–H groups in total. The van der Waals surface area contributed by atoms with Crippen LogP contribution < -0.4 is 10.0 Å². The molecular weight excluding hydrogens is 463 g/mol. The summed E-state index contributed by atoms with van der Waals surface area (Å²) in [4.78, 5) is 20.0. The van der Waals surface area contributed by atoms with Crippen LogP contribution in [0.5, 0.6) is 0 Å². The molecule has 0 radical (unpaired) electrons. The number of hydrogen-bond donors (Lipinski definition) is 2. The number of aryl methyl sites for hydroxylation is 1. The van der Waals surface area contributed by atoms with Crippen molar-refractivity contribution in [2.75, 3.05) is 15.8 Å². The van der Waals surface area contributed by atoms with Crippen molar-refractivity contribution in [3.63, 3.8) is 0 Å². The fourth-order valence-electron chi connectivity index (χ4n) is 2.51. The number of benzene rings is 2. The molecule has 0 fully saturated rings. The lowest BCUT2D eigenvalue weighted by molar-refractivity contribution is -0.113. The Labute approximate surface area is 188 Å². The van der Waals surface area contributed by atoms with Gasteiger partial charge < -0.3 is 5.32 Å². The van der Waals surface area contributed by atoms with Crippen molar-refractivity contribution in [2.24, 2.45) is 0 Å². The lowest BCUT2D eigenvalue weighted by Crippen LogP contribution is -2.16. The van der Waals surface area contributed by atoms with Crippen LogP contribution in [0.1, 0.15) is 11.3 Å². The van der Waals surface area contributed by atoms with Crippen molar-refractivity contribution in [1.29, 1.82) is 0 Å². The first-order valence-corrected chi connectivity index (χ1v) is 12.0. The van der Waals surface area contributed by atoms with E-state index in [4.69, 9.17) is 11.6 Å². The summed E-state index contributed by atoms with van der Waals surface area (Å²) in [6.45, 7) is 1.72. The third kappa shape index (κ3) is 6.39. The average molecular weight is 481 g/mol. The number of sulfonamides is 1. The molecule has 7 nitrogen and oxygen atoms in total. The summed E-state index contributed by atoms with van der Waals surface area (Å²) in [5.41, 5.74) is 1.41. The van der Waals surface area contributed by atoms with Gasteiger partial charge in [-0.2, -0.15) is 0 Å². The number of anilines is 2. The van der Waals surface area contributed by atoms with Gasteiger partial charge in [0, 0.05) is 33.9 Å². The van der Waals surface area contributed by atoms with Gasteiger partial charge in [0.25, 0.3) is 10.0 Å². The first kappa shape index (κ1) is 23.0. The maximum Gasteiger partial charge on any atom is 0.264 e. The number of carbonyl (C=O) groups excluding carboxylic acids is 1. The summed E-state index contributed by atoms with van der Waals surface area (Å²) in [7, 11) is -3.87.